The first kappa shape index (κ1) is 14.8. The van der Waals surface area contributed by atoms with Crippen molar-refractivity contribution in [3.05, 3.63) is 65.5 Å². The first-order valence-electron chi connectivity index (χ1n) is 8.00. The van der Waals surface area contributed by atoms with E-state index in [4.69, 9.17) is 0 Å². The molecule has 22 heavy (non-hydrogen) atoms. The van der Waals surface area contributed by atoms with Gasteiger partial charge in [-0.2, -0.15) is 0 Å². The van der Waals surface area contributed by atoms with E-state index in [0.717, 1.165) is 31.5 Å². The highest BCUT2D eigenvalue weighted by atomic mass is 16.2. The Morgan fingerprint density at radius 1 is 1.18 bits per heavy atom. The van der Waals surface area contributed by atoms with Crippen LogP contribution in [0.2, 0.25) is 0 Å². The van der Waals surface area contributed by atoms with Gasteiger partial charge in [0.05, 0.1) is 11.7 Å². The highest BCUT2D eigenvalue weighted by Crippen LogP contribution is 2.30. The van der Waals surface area contributed by atoms with E-state index in [0.29, 0.717) is 0 Å². The number of carbonyl (C=O) groups excluding carboxylic acids is 1. The monoisotopic (exact) mass is 294 g/mol. The highest BCUT2D eigenvalue weighted by Gasteiger charge is 2.26. The maximum absolute atomic E-state index is 11.9. The van der Waals surface area contributed by atoms with Crippen molar-refractivity contribution < 1.29 is 4.79 Å². The fourth-order valence-electron chi connectivity index (χ4n) is 3.23. The second-order valence-corrected chi connectivity index (χ2v) is 5.98. The molecule has 3 rings (SSSR count). The number of piperidine rings is 1. The van der Waals surface area contributed by atoms with E-state index in [1.54, 1.807) is 6.92 Å². The summed E-state index contributed by atoms with van der Waals surface area (Å²) in [5, 5.41) is 0. The van der Waals surface area contributed by atoms with Crippen molar-refractivity contribution in [2.45, 2.75) is 38.6 Å². The Morgan fingerprint density at radius 3 is 2.77 bits per heavy atom. The summed E-state index contributed by atoms with van der Waals surface area (Å²) in [4.78, 5) is 18.4. The van der Waals surface area contributed by atoms with Gasteiger partial charge < -0.3 is 4.90 Å². The van der Waals surface area contributed by atoms with Gasteiger partial charge in [-0.15, -0.1) is 0 Å². The van der Waals surface area contributed by atoms with Gasteiger partial charge in [0.2, 0.25) is 5.91 Å². The highest BCUT2D eigenvalue weighted by molar-refractivity contribution is 5.73. The lowest BCUT2D eigenvalue weighted by Crippen LogP contribution is -2.37. The quantitative estimate of drug-likeness (QED) is 0.864. The Kier molecular flexibility index (Phi) is 4.52. The molecule has 2 heterocycles. The minimum absolute atomic E-state index is 0.141. The molecule has 114 valence electrons. The Bertz CT molecular complexity index is 639. The zero-order valence-electron chi connectivity index (χ0n) is 13.0. The van der Waals surface area contributed by atoms with Crippen LogP contribution in [0.25, 0.3) is 0 Å². The Labute approximate surface area is 132 Å². The normalized spacial score (nSPS) is 18.2. The number of rotatable bonds is 3. The number of hydrogen-bond donors (Lipinski definition) is 0. The van der Waals surface area contributed by atoms with Gasteiger partial charge in [-0.05, 0) is 48.9 Å². The zero-order chi connectivity index (χ0) is 15.4. The number of likely N-dealkylation sites (tertiary alicyclic amines) is 1. The van der Waals surface area contributed by atoms with E-state index in [-0.39, 0.29) is 11.9 Å². The number of hydrogen-bond acceptors (Lipinski definition) is 2. The molecule has 1 aromatic heterocycles. The molecule has 1 aromatic carbocycles. The molecule has 0 aliphatic carbocycles. The number of nitrogens with zero attached hydrogens (tertiary/aromatic N) is 2. The average molecular weight is 294 g/mol. The number of amides is 1. The molecule has 0 saturated carbocycles. The molecule has 1 amide bonds. The molecule has 1 unspecified atom stereocenters. The van der Waals surface area contributed by atoms with Crippen LogP contribution < -0.4 is 0 Å². The molecular weight excluding hydrogens is 272 g/mol. The smallest absolute Gasteiger partial charge is 0.220 e. The van der Waals surface area contributed by atoms with Gasteiger partial charge in [0, 0.05) is 19.7 Å². The van der Waals surface area contributed by atoms with E-state index in [2.05, 4.69) is 41.4 Å². The summed E-state index contributed by atoms with van der Waals surface area (Å²) in [5.74, 6) is 0.153. The van der Waals surface area contributed by atoms with Crippen LogP contribution in [0.15, 0.2) is 48.7 Å². The van der Waals surface area contributed by atoms with Crippen LogP contribution >= 0.6 is 0 Å². The van der Waals surface area contributed by atoms with Crippen molar-refractivity contribution in [1.29, 1.82) is 0 Å². The molecule has 1 aliphatic heterocycles. The van der Waals surface area contributed by atoms with E-state index >= 15 is 0 Å². The van der Waals surface area contributed by atoms with Gasteiger partial charge in [-0.1, -0.05) is 30.3 Å². The number of aromatic nitrogens is 1. The van der Waals surface area contributed by atoms with Crippen LogP contribution in [-0.4, -0.2) is 22.3 Å². The molecule has 2 aromatic rings. The fourth-order valence-corrected chi connectivity index (χ4v) is 3.23. The Hall–Kier alpha value is -2.16. The third kappa shape index (κ3) is 3.35. The lowest BCUT2D eigenvalue weighted by molar-refractivity contribution is -0.132. The minimum Gasteiger partial charge on any atom is -0.334 e. The molecular formula is C19H22N2O. The van der Waals surface area contributed by atoms with Crippen LogP contribution in [0.5, 0.6) is 0 Å². The van der Waals surface area contributed by atoms with E-state index in [1.165, 1.54) is 17.5 Å². The first-order chi connectivity index (χ1) is 10.7. The van der Waals surface area contributed by atoms with Crippen molar-refractivity contribution in [2.75, 3.05) is 6.54 Å². The van der Waals surface area contributed by atoms with Crippen LogP contribution in [0.1, 0.15) is 49.0 Å². The molecule has 0 spiro atoms. The van der Waals surface area contributed by atoms with Crippen molar-refractivity contribution in [2.24, 2.45) is 0 Å². The summed E-state index contributed by atoms with van der Waals surface area (Å²) in [6.45, 7) is 2.51. The standard InChI is InChI=1S/C19H22N2O/c1-15(22)21-12-6-5-9-19(21)18-14-17(10-11-20-18)13-16-7-3-2-4-8-16/h2-4,7-8,10-11,14,19H,5-6,9,12-13H2,1H3. The van der Waals surface area contributed by atoms with Crippen LogP contribution in [-0.2, 0) is 11.2 Å². The van der Waals surface area contributed by atoms with E-state index < -0.39 is 0 Å². The van der Waals surface area contributed by atoms with Crippen molar-refractivity contribution in [3.8, 4) is 0 Å². The Balaban J connectivity index is 1.82. The van der Waals surface area contributed by atoms with Gasteiger partial charge in [-0.3, -0.25) is 9.78 Å². The van der Waals surface area contributed by atoms with Gasteiger partial charge in [0.15, 0.2) is 0 Å². The first-order valence-corrected chi connectivity index (χ1v) is 8.00. The molecule has 0 N–H and O–H groups in total. The van der Waals surface area contributed by atoms with Gasteiger partial charge >= 0.3 is 0 Å². The maximum atomic E-state index is 11.9. The van der Waals surface area contributed by atoms with Crippen molar-refractivity contribution in [1.82, 2.24) is 9.88 Å². The van der Waals surface area contributed by atoms with Crippen LogP contribution in [0.4, 0.5) is 0 Å². The van der Waals surface area contributed by atoms with E-state index in [9.17, 15) is 4.79 Å². The van der Waals surface area contributed by atoms with Crippen LogP contribution in [0, 0.1) is 0 Å². The summed E-state index contributed by atoms with van der Waals surface area (Å²) in [6.07, 6.45) is 6.06. The van der Waals surface area contributed by atoms with Gasteiger partial charge in [0.1, 0.15) is 0 Å². The Morgan fingerprint density at radius 2 is 2.00 bits per heavy atom. The average Bonchev–Trinajstić information content (AvgIpc) is 2.56. The van der Waals surface area contributed by atoms with Gasteiger partial charge in [-0.25, -0.2) is 0 Å². The number of benzene rings is 1. The maximum Gasteiger partial charge on any atom is 0.220 e. The topological polar surface area (TPSA) is 33.2 Å². The summed E-state index contributed by atoms with van der Waals surface area (Å²) in [6, 6.07) is 14.8. The number of pyridine rings is 1. The van der Waals surface area contributed by atoms with Crippen molar-refractivity contribution in [3.63, 3.8) is 0 Å². The van der Waals surface area contributed by atoms with Crippen molar-refractivity contribution >= 4 is 5.91 Å². The van der Waals surface area contributed by atoms with Crippen LogP contribution in [0.3, 0.4) is 0 Å². The summed E-state index contributed by atoms with van der Waals surface area (Å²) >= 11 is 0. The summed E-state index contributed by atoms with van der Waals surface area (Å²) in [5.41, 5.74) is 3.58. The SMILES string of the molecule is CC(=O)N1CCCCC1c1cc(Cc2ccccc2)ccn1. The molecule has 1 aliphatic rings. The lowest BCUT2D eigenvalue weighted by Gasteiger charge is -2.34. The summed E-state index contributed by atoms with van der Waals surface area (Å²) < 4.78 is 0. The molecule has 0 bridgehead atoms. The largest absolute Gasteiger partial charge is 0.334 e. The third-order valence-corrected chi connectivity index (χ3v) is 4.35. The predicted molar refractivity (Wildman–Crippen MR) is 87.5 cm³/mol. The molecule has 3 nitrogen and oxygen atoms in total. The molecule has 1 saturated heterocycles. The second-order valence-electron chi connectivity index (χ2n) is 5.98. The minimum atomic E-state index is 0.141. The lowest BCUT2D eigenvalue weighted by atomic mass is 9.96. The summed E-state index contributed by atoms with van der Waals surface area (Å²) in [7, 11) is 0. The second kappa shape index (κ2) is 6.73. The fraction of sp³-hybridized carbons (Fsp3) is 0.368. The molecule has 1 atom stereocenters. The van der Waals surface area contributed by atoms with Gasteiger partial charge in [0.25, 0.3) is 0 Å². The zero-order valence-corrected chi connectivity index (χ0v) is 13.0. The van der Waals surface area contributed by atoms with E-state index in [1.807, 2.05) is 17.2 Å². The molecule has 0 radical (unpaired) electrons. The third-order valence-electron chi connectivity index (χ3n) is 4.35. The molecule has 3 heteroatoms. The molecule has 1 fully saturated rings. The predicted octanol–water partition coefficient (Wildman–Crippen LogP) is 3.75. The number of carbonyl (C=O) groups is 1.